The molecule has 2 unspecified atom stereocenters. The maximum Gasteiger partial charge on any atom is 0.330 e. The quantitative estimate of drug-likeness (QED) is 0.0185. The monoisotopic (exact) mass is 959 g/mol. The van der Waals surface area contributed by atoms with E-state index in [2.05, 4.69) is 107 Å². The number of ether oxygens (including phenoxy) is 10. The summed E-state index contributed by atoms with van der Waals surface area (Å²) in [5.74, 6) is -0.664. The van der Waals surface area contributed by atoms with Gasteiger partial charge in [0, 0.05) is 42.8 Å². The lowest BCUT2D eigenvalue weighted by Gasteiger charge is -2.40. The normalized spacial score (nSPS) is 16.3. The van der Waals surface area contributed by atoms with Crippen LogP contribution >= 0.6 is 0 Å². The van der Waals surface area contributed by atoms with Crippen molar-refractivity contribution in [3.05, 3.63) is 63.5 Å². The first-order chi connectivity index (χ1) is 32.4. The Hall–Kier alpha value is -2.84. The molecule has 67 heavy (non-hydrogen) atoms. The van der Waals surface area contributed by atoms with E-state index < -0.39 is 0 Å². The summed E-state index contributed by atoms with van der Waals surface area (Å²) in [6.45, 7) is 52.7. The van der Waals surface area contributed by atoms with Crippen LogP contribution in [0, 0.1) is 10.8 Å². The molecule has 4 fully saturated rings. The Morgan fingerprint density at radius 1 is 0.537 bits per heavy atom. The van der Waals surface area contributed by atoms with E-state index in [0.717, 1.165) is 143 Å². The number of epoxide rings is 2. The second-order valence-electron chi connectivity index (χ2n) is 16.0. The van der Waals surface area contributed by atoms with Crippen LogP contribution in [0.25, 0.3) is 0 Å². The van der Waals surface area contributed by atoms with E-state index in [1.807, 2.05) is 13.0 Å². The molecular formula is C55H106O12. The van der Waals surface area contributed by atoms with Crippen LogP contribution in [0.2, 0.25) is 0 Å². The third kappa shape index (κ3) is 59.2. The van der Waals surface area contributed by atoms with E-state index >= 15 is 0 Å². The van der Waals surface area contributed by atoms with E-state index in [1.165, 1.54) is 38.0 Å². The SMILES string of the molecule is C=CC(=O)OCCC.C=CC(=O)OCCCCC.C=CCC.C=CCOCCC.C=COCCC.CCC1(CC)COC1.CCC1CO1.CCCOCC1(CC)COC1.CCCOCC1CO1. The Kier molecular flexibility index (Phi) is 64.7. The van der Waals surface area contributed by atoms with E-state index in [-0.39, 0.29) is 11.9 Å². The van der Waals surface area contributed by atoms with Crippen molar-refractivity contribution in [2.75, 3.05) is 99.1 Å². The lowest BCUT2D eigenvalue weighted by molar-refractivity contribution is -0.150. The van der Waals surface area contributed by atoms with Crippen LogP contribution in [0.3, 0.4) is 0 Å². The van der Waals surface area contributed by atoms with Crippen LogP contribution in [0.1, 0.15) is 160 Å². The molecule has 0 aliphatic carbocycles. The molecule has 0 bridgehead atoms. The van der Waals surface area contributed by atoms with Gasteiger partial charge in [-0.05, 0) is 70.6 Å². The molecule has 0 aromatic rings. The minimum absolute atomic E-state index is 0.323. The zero-order chi connectivity index (χ0) is 51.7. The minimum Gasteiger partial charge on any atom is -0.502 e. The lowest BCUT2D eigenvalue weighted by Crippen LogP contribution is -2.45. The number of carbonyl (C=O) groups is 2. The molecule has 12 heteroatoms. The Bertz CT molecular complexity index is 1050. The second kappa shape index (κ2) is 59.3. The fourth-order valence-electron chi connectivity index (χ4n) is 4.45. The molecule has 2 atom stereocenters. The molecular weight excluding hydrogens is 853 g/mol. The number of esters is 2. The molecule has 0 aromatic carbocycles. The first kappa shape index (κ1) is 73.1. The summed E-state index contributed by atoms with van der Waals surface area (Å²) < 4.78 is 49.9. The van der Waals surface area contributed by atoms with Crippen LogP contribution in [-0.2, 0) is 57.0 Å². The highest BCUT2D eigenvalue weighted by molar-refractivity contribution is 5.81. The Balaban J connectivity index is -0.000000218. The summed E-state index contributed by atoms with van der Waals surface area (Å²) >= 11 is 0. The maximum absolute atomic E-state index is 10.4. The average molecular weight is 959 g/mol. The van der Waals surface area contributed by atoms with Crippen molar-refractivity contribution in [3.63, 3.8) is 0 Å². The van der Waals surface area contributed by atoms with Gasteiger partial charge in [-0.15, -0.1) is 13.2 Å². The largest absolute Gasteiger partial charge is 0.502 e. The predicted octanol–water partition coefficient (Wildman–Crippen LogP) is 13.0. The van der Waals surface area contributed by atoms with Crippen LogP contribution < -0.4 is 0 Å². The van der Waals surface area contributed by atoms with Gasteiger partial charge in [-0.25, -0.2) is 9.59 Å². The molecule has 4 saturated heterocycles. The fraction of sp³-hybridized carbons (Fsp3) is 0.782. The smallest absolute Gasteiger partial charge is 0.330 e. The number of unbranched alkanes of at least 4 members (excludes halogenated alkanes) is 2. The molecule has 12 nitrogen and oxygen atoms in total. The lowest BCUT2D eigenvalue weighted by atomic mass is 9.81. The van der Waals surface area contributed by atoms with Crippen molar-refractivity contribution in [2.45, 2.75) is 172 Å². The van der Waals surface area contributed by atoms with Crippen LogP contribution in [0.15, 0.2) is 63.5 Å². The molecule has 0 spiro atoms. The van der Waals surface area contributed by atoms with Gasteiger partial charge in [-0.3, -0.25) is 0 Å². The van der Waals surface area contributed by atoms with Gasteiger partial charge in [0.25, 0.3) is 0 Å². The van der Waals surface area contributed by atoms with Gasteiger partial charge < -0.3 is 47.4 Å². The molecule has 4 aliphatic rings. The molecule has 0 saturated carbocycles. The maximum atomic E-state index is 10.4. The van der Waals surface area contributed by atoms with Crippen molar-refractivity contribution < 1.29 is 57.0 Å². The van der Waals surface area contributed by atoms with Crippen molar-refractivity contribution in [3.8, 4) is 0 Å². The highest BCUT2D eigenvalue weighted by atomic mass is 16.6. The van der Waals surface area contributed by atoms with E-state index in [9.17, 15) is 9.59 Å². The van der Waals surface area contributed by atoms with Gasteiger partial charge in [0.2, 0.25) is 0 Å². The van der Waals surface area contributed by atoms with Crippen LogP contribution in [-0.4, -0.2) is 123 Å². The van der Waals surface area contributed by atoms with E-state index in [4.69, 9.17) is 42.6 Å². The second-order valence-corrected chi connectivity index (χ2v) is 16.0. The first-order valence-corrected chi connectivity index (χ1v) is 25.5. The van der Waals surface area contributed by atoms with Crippen molar-refractivity contribution >= 4 is 11.9 Å². The predicted molar refractivity (Wildman–Crippen MR) is 280 cm³/mol. The summed E-state index contributed by atoms with van der Waals surface area (Å²) in [4.78, 5) is 20.7. The van der Waals surface area contributed by atoms with E-state index in [0.29, 0.717) is 42.9 Å². The highest BCUT2D eigenvalue weighted by Gasteiger charge is 2.37. The summed E-state index contributed by atoms with van der Waals surface area (Å²) in [6.07, 6.45) is 23.0. The molecule has 4 heterocycles. The first-order valence-electron chi connectivity index (χ1n) is 25.5. The van der Waals surface area contributed by atoms with Crippen molar-refractivity contribution in [1.82, 2.24) is 0 Å². The van der Waals surface area contributed by atoms with Gasteiger partial charge >= 0.3 is 11.9 Å². The van der Waals surface area contributed by atoms with Crippen molar-refractivity contribution in [1.29, 1.82) is 0 Å². The summed E-state index contributed by atoms with van der Waals surface area (Å²) in [6, 6.07) is 0. The van der Waals surface area contributed by atoms with Crippen LogP contribution in [0.5, 0.6) is 0 Å². The van der Waals surface area contributed by atoms with Gasteiger partial charge in [-0.1, -0.05) is 121 Å². The van der Waals surface area contributed by atoms with Gasteiger partial charge in [0.15, 0.2) is 0 Å². The molecule has 0 aromatic heterocycles. The van der Waals surface area contributed by atoms with Crippen molar-refractivity contribution in [2.24, 2.45) is 10.8 Å². The molecule has 0 amide bonds. The van der Waals surface area contributed by atoms with Gasteiger partial charge in [0.1, 0.15) is 6.10 Å². The summed E-state index contributed by atoms with van der Waals surface area (Å²) in [5, 5.41) is 0. The average Bonchev–Trinajstić information content (AvgIpc) is 4.29. The number of hydrogen-bond acceptors (Lipinski definition) is 12. The molecule has 0 radical (unpaired) electrons. The Morgan fingerprint density at radius 2 is 0.985 bits per heavy atom. The molecule has 0 N–H and O–H groups in total. The number of carbonyl (C=O) groups excluding carboxylic acids is 2. The highest BCUT2D eigenvalue weighted by Crippen LogP contribution is 2.34. The Labute approximate surface area is 412 Å². The third-order valence-corrected chi connectivity index (χ3v) is 9.64. The fourth-order valence-corrected chi connectivity index (χ4v) is 4.45. The minimum atomic E-state index is -0.341. The Morgan fingerprint density at radius 3 is 1.27 bits per heavy atom. The number of hydrogen-bond donors (Lipinski definition) is 0. The zero-order valence-electron chi connectivity index (χ0n) is 45.3. The molecule has 4 rings (SSSR count). The van der Waals surface area contributed by atoms with Gasteiger partial charge in [-0.2, -0.15) is 0 Å². The molecule has 398 valence electrons. The summed E-state index contributed by atoms with van der Waals surface area (Å²) in [7, 11) is 0. The van der Waals surface area contributed by atoms with E-state index in [1.54, 1.807) is 6.08 Å². The van der Waals surface area contributed by atoms with Gasteiger partial charge in [0.05, 0.1) is 91.6 Å². The molecule has 4 aliphatic heterocycles. The number of allylic oxidation sites excluding steroid dienone is 1. The third-order valence-electron chi connectivity index (χ3n) is 9.64. The summed E-state index contributed by atoms with van der Waals surface area (Å²) in [5.41, 5.74) is 0.954. The topological polar surface area (TPSA) is 133 Å². The zero-order valence-corrected chi connectivity index (χ0v) is 45.3. The van der Waals surface area contributed by atoms with Crippen LogP contribution in [0.4, 0.5) is 0 Å². The number of rotatable bonds is 28. The standard InChI is InChI=1S/C9H18O2.C8H14O2.C7H14O.C6H12O2.C6H10O2.C6H12O.C5H10O.C4H8O.C4H8/c1-3-5-10-6-9(4-2)7-11-8-9;1-3-5-6-7-10-8(9)4-2;1-3-7(4-2)5-8-6-7;1-2-3-7-4-6-5-8-6;1-3-5-8-6(7)4-2;1-3-5-7-6-4-2;1-3-5-6-4-2;1-2-4-3-5-4;1-3-4-2/h3-8H2,1-2H3;4H,2-3,5-7H2,1H3;3-6H2,1-2H3;6H,2-5H2,1H3;4H,2-3,5H2,1H3;3H,1,4-6H2,2H3;4H,2-3,5H2,1H3;4H,2-3H2,1H3;3H,1,4H2,2H3.